The van der Waals surface area contributed by atoms with Crippen LogP contribution in [0.2, 0.25) is 0 Å². The zero-order valence-electron chi connectivity index (χ0n) is 19.0. The standard InChI is InChI=1S/C20H34N2O7S2/c1-15(13-28-16(2)24)31-30-14-20(5,27)29-11-9-19(3,4)21-17(25)12-22(6)18(26)8-7-10-23/h7-8,10,15,27H,9,11-14H2,1-6H3,(H,21,25)/b8-7-. The van der Waals surface area contributed by atoms with Crippen LogP contribution in [0.5, 0.6) is 0 Å². The first kappa shape index (κ1) is 29.4. The van der Waals surface area contributed by atoms with Crippen molar-refractivity contribution in [2.24, 2.45) is 0 Å². The van der Waals surface area contributed by atoms with Crippen LogP contribution in [0, 0.1) is 0 Å². The van der Waals surface area contributed by atoms with Gasteiger partial charge in [0.05, 0.1) is 18.9 Å². The highest BCUT2D eigenvalue weighted by atomic mass is 33.1. The lowest BCUT2D eigenvalue weighted by atomic mass is 10.0. The summed E-state index contributed by atoms with van der Waals surface area (Å²) in [5.74, 6) is -2.15. The average molecular weight is 479 g/mol. The minimum atomic E-state index is -1.35. The van der Waals surface area contributed by atoms with Gasteiger partial charge in [0.2, 0.25) is 11.8 Å². The smallest absolute Gasteiger partial charge is 0.302 e. The molecule has 0 aromatic carbocycles. The van der Waals surface area contributed by atoms with Crippen LogP contribution in [0.3, 0.4) is 0 Å². The van der Waals surface area contributed by atoms with Crippen molar-refractivity contribution in [3.05, 3.63) is 12.2 Å². The highest BCUT2D eigenvalue weighted by molar-refractivity contribution is 8.77. The molecule has 31 heavy (non-hydrogen) atoms. The van der Waals surface area contributed by atoms with Crippen molar-refractivity contribution in [1.82, 2.24) is 10.2 Å². The monoisotopic (exact) mass is 478 g/mol. The van der Waals surface area contributed by atoms with Crippen molar-refractivity contribution in [2.45, 2.75) is 57.6 Å². The van der Waals surface area contributed by atoms with E-state index in [2.05, 4.69) is 5.32 Å². The van der Waals surface area contributed by atoms with Crippen LogP contribution < -0.4 is 5.32 Å². The highest BCUT2D eigenvalue weighted by Crippen LogP contribution is 2.30. The van der Waals surface area contributed by atoms with E-state index in [4.69, 9.17) is 9.47 Å². The van der Waals surface area contributed by atoms with Gasteiger partial charge in [0, 0.05) is 30.8 Å². The molecule has 11 heteroatoms. The fourth-order valence-corrected chi connectivity index (χ4v) is 4.56. The molecule has 2 atom stereocenters. The number of esters is 1. The van der Waals surface area contributed by atoms with Gasteiger partial charge < -0.3 is 24.8 Å². The average Bonchev–Trinajstić information content (AvgIpc) is 2.63. The maximum atomic E-state index is 12.2. The van der Waals surface area contributed by atoms with E-state index >= 15 is 0 Å². The Labute approximate surface area is 192 Å². The van der Waals surface area contributed by atoms with Crippen molar-refractivity contribution in [3.63, 3.8) is 0 Å². The number of aldehydes is 1. The van der Waals surface area contributed by atoms with Gasteiger partial charge in [-0.2, -0.15) is 0 Å². The number of aliphatic hydroxyl groups is 1. The molecule has 0 bridgehead atoms. The molecule has 0 heterocycles. The van der Waals surface area contributed by atoms with Crippen LogP contribution >= 0.6 is 21.6 Å². The van der Waals surface area contributed by atoms with Crippen molar-refractivity contribution >= 4 is 45.7 Å². The molecule has 0 saturated carbocycles. The van der Waals surface area contributed by atoms with Gasteiger partial charge in [-0.3, -0.25) is 19.2 Å². The molecule has 2 N–H and O–H groups in total. The van der Waals surface area contributed by atoms with Crippen LogP contribution in [-0.2, 0) is 28.7 Å². The molecule has 0 saturated heterocycles. The number of carbonyl (C=O) groups excluding carboxylic acids is 4. The quantitative estimate of drug-likeness (QED) is 0.119. The van der Waals surface area contributed by atoms with Crippen LogP contribution in [-0.4, -0.2) is 83.2 Å². The molecule has 178 valence electrons. The fraction of sp³-hybridized carbons (Fsp3) is 0.700. The summed E-state index contributed by atoms with van der Waals surface area (Å²) >= 11 is 0. The largest absolute Gasteiger partial charge is 0.465 e. The Balaban J connectivity index is 4.28. The Kier molecular flexibility index (Phi) is 13.8. The summed E-state index contributed by atoms with van der Waals surface area (Å²) in [5, 5.41) is 13.3. The first-order chi connectivity index (χ1) is 14.3. The summed E-state index contributed by atoms with van der Waals surface area (Å²) < 4.78 is 10.5. The molecule has 2 unspecified atom stereocenters. The summed E-state index contributed by atoms with van der Waals surface area (Å²) in [4.78, 5) is 46.2. The van der Waals surface area contributed by atoms with Crippen molar-refractivity contribution < 1.29 is 33.8 Å². The molecule has 0 spiro atoms. The summed E-state index contributed by atoms with van der Waals surface area (Å²) in [6, 6.07) is 0. The maximum Gasteiger partial charge on any atom is 0.302 e. The number of carbonyl (C=O) groups is 4. The molecule has 9 nitrogen and oxygen atoms in total. The molecule has 2 amide bonds. The molecule has 0 aromatic heterocycles. The zero-order chi connectivity index (χ0) is 24.1. The highest BCUT2D eigenvalue weighted by Gasteiger charge is 2.26. The Bertz CT molecular complexity index is 639. The first-order valence-corrected chi connectivity index (χ1v) is 12.1. The second-order valence-corrected chi connectivity index (χ2v) is 10.7. The molecule has 0 aliphatic carbocycles. The Hall–Kier alpha value is -1.56. The maximum absolute atomic E-state index is 12.2. The van der Waals surface area contributed by atoms with Gasteiger partial charge in [0.25, 0.3) is 0 Å². The third-order valence-electron chi connectivity index (χ3n) is 3.77. The summed E-state index contributed by atoms with van der Waals surface area (Å²) in [5.41, 5.74) is -0.615. The molecular weight excluding hydrogens is 444 g/mol. The summed E-state index contributed by atoms with van der Waals surface area (Å²) in [6.45, 7) is 8.85. The zero-order valence-corrected chi connectivity index (χ0v) is 20.6. The third kappa shape index (κ3) is 15.8. The Morgan fingerprint density at radius 1 is 1.26 bits per heavy atom. The van der Waals surface area contributed by atoms with Gasteiger partial charge >= 0.3 is 5.97 Å². The van der Waals surface area contributed by atoms with Crippen LogP contribution in [0.1, 0.15) is 41.0 Å². The van der Waals surface area contributed by atoms with Crippen molar-refractivity contribution in [2.75, 3.05) is 32.6 Å². The van der Waals surface area contributed by atoms with E-state index in [1.807, 2.05) is 20.8 Å². The van der Waals surface area contributed by atoms with Crippen LogP contribution in [0.15, 0.2) is 12.2 Å². The summed E-state index contributed by atoms with van der Waals surface area (Å²) in [7, 11) is 4.38. The van der Waals surface area contributed by atoms with Gasteiger partial charge in [0.1, 0.15) is 12.9 Å². The SMILES string of the molecule is CC(=O)OCC(C)SSCC(C)(O)OCCC(C)(C)NC(=O)CN(C)C(=O)/C=C\C=O. The number of nitrogens with one attached hydrogen (secondary N) is 1. The minimum absolute atomic E-state index is 0.0813. The van der Waals surface area contributed by atoms with Gasteiger partial charge in [-0.05, 0) is 40.2 Å². The normalized spacial score (nSPS) is 14.5. The predicted molar refractivity (Wildman–Crippen MR) is 122 cm³/mol. The van der Waals surface area contributed by atoms with Gasteiger partial charge in [0.15, 0.2) is 5.79 Å². The molecule has 0 aliphatic rings. The lowest BCUT2D eigenvalue weighted by Gasteiger charge is -2.30. The number of hydrogen-bond acceptors (Lipinski definition) is 9. The number of hydrogen-bond donors (Lipinski definition) is 2. The van der Waals surface area contributed by atoms with E-state index in [0.29, 0.717) is 25.1 Å². The second kappa shape index (κ2) is 14.5. The first-order valence-electron chi connectivity index (χ1n) is 9.74. The Morgan fingerprint density at radius 3 is 2.48 bits per heavy atom. The summed E-state index contributed by atoms with van der Waals surface area (Å²) in [6.07, 6.45) is 3.10. The number of allylic oxidation sites excluding steroid dienone is 1. The van der Waals surface area contributed by atoms with E-state index in [1.165, 1.54) is 40.5 Å². The Morgan fingerprint density at radius 2 is 1.90 bits per heavy atom. The van der Waals surface area contributed by atoms with Gasteiger partial charge in [-0.1, -0.05) is 21.6 Å². The second-order valence-electron chi connectivity index (χ2n) is 7.87. The van der Waals surface area contributed by atoms with E-state index in [-0.39, 0.29) is 30.3 Å². The fourth-order valence-electron chi connectivity index (χ4n) is 2.11. The number of amides is 2. The van der Waals surface area contributed by atoms with E-state index < -0.39 is 17.2 Å². The molecule has 0 aliphatic heterocycles. The number of ether oxygens (including phenoxy) is 2. The van der Waals surface area contributed by atoms with E-state index in [1.54, 1.807) is 6.92 Å². The molecule has 0 aromatic rings. The van der Waals surface area contributed by atoms with Gasteiger partial charge in [-0.25, -0.2) is 0 Å². The molecule has 0 radical (unpaired) electrons. The van der Waals surface area contributed by atoms with Crippen LogP contribution in [0.25, 0.3) is 0 Å². The molecular formula is C20H34N2O7S2. The number of rotatable bonds is 15. The van der Waals surface area contributed by atoms with E-state index in [9.17, 15) is 24.3 Å². The molecule has 0 fully saturated rings. The topological polar surface area (TPSA) is 122 Å². The van der Waals surface area contributed by atoms with Crippen molar-refractivity contribution in [3.8, 4) is 0 Å². The number of nitrogens with zero attached hydrogens (tertiary/aromatic N) is 1. The predicted octanol–water partition coefficient (Wildman–Crippen LogP) is 1.54. The molecule has 0 rings (SSSR count). The van der Waals surface area contributed by atoms with Crippen molar-refractivity contribution in [1.29, 1.82) is 0 Å². The van der Waals surface area contributed by atoms with E-state index in [0.717, 1.165) is 12.2 Å². The van der Waals surface area contributed by atoms with Gasteiger partial charge in [-0.15, -0.1) is 0 Å². The van der Waals surface area contributed by atoms with Crippen LogP contribution in [0.4, 0.5) is 0 Å². The third-order valence-corrected chi connectivity index (χ3v) is 6.77. The number of likely N-dealkylation sites (N-methyl/N-ethyl adjacent to an activating group) is 1. The lowest BCUT2D eigenvalue weighted by Crippen LogP contribution is -2.48. The lowest BCUT2D eigenvalue weighted by molar-refractivity contribution is -0.174. The minimum Gasteiger partial charge on any atom is -0.465 e.